The lowest BCUT2D eigenvalue weighted by molar-refractivity contribution is -0.135. The number of hydrogen-bond donors (Lipinski definition) is 1. The molecule has 28 heavy (non-hydrogen) atoms. The summed E-state index contributed by atoms with van der Waals surface area (Å²) in [5.74, 6) is -1.68. The van der Waals surface area contributed by atoms with Gasteiger partial charge in [-0.15, -0.1) is 0 Å². The third kappa shape index (κ3) is 4.61. The topological polar surface area (TPSA) is 74.8 Å². The van der Waals surface area contributed by atoms with Crippen LogP contribution in [-0.4, -0.2) is 61.6 Å². The van der Waals surface area contributed by atoms with Crippen LogP contribution in [0.15, 0.2) is 36.5 Å². The SMILES string of the molecule is COCC(=O)N1CCN(c2ccc(NC(=O)c3ccc(F)cc3F)cn2)CC1. The van der Waals surface area contributed by atoms with Gasteiger partial charge in [-0.05, 0) is 24.3 Å². The summed E-state index contributed by atoms with van der Waals surface area (Å²) >= 11 is 0. The van der Waals surface area contributed by atoms with E-state index in [1.165, 1.54) is 13.3 Å². The first-order valence-electron chi connectivity index (χ1n) is 8.72. The van der Waals surface area contributed by atoms with Crippen molar-refractivity contribution in [3.8, 4) is 0 Å². The van der Waals surface area contributed by atoms with E-state index in [1.807, 2.05) is 4.90 Å². The van der Waals surface area contributed by atoms with E-state index in [9.17, 15) is 18.4 Å². The molecule has 9 heteroatoms. The molecule has 1 aromatic carbocycles. The van der Waals surface area contributed by atoms with Gasteiger partial charge in [0.1, 0.15) is 24.1 Å². The molecule has 2 aromatic rings. The Kier molecular flexibility index (Phi) is 6.15. The molecule has 0 aliphatic carbocycles. The van der Waals surface area contributed by atoms with E-state index < -0.39 is 17.5 Å². The predicted octanol–water partition coefficient (Wildman–Crippen LogP) is 1.91. The first-order valence-corrected chi connectivity index (χ1v) is 8.72. The Labute approximate surface area is 160 Å². The zero-order chi connectivity index (χ0) is 20.1. The molecule has 1 fully saturated rings. The molecule has 0 unspecified atom stereocenters. The lowest BCUT2D eigenvalue weighted by atomic mass is 10.2. The van der Waals surface area contributed by atoms with Gasteiger partial charge in [0.15, 0.2) is 0 Å². The molecule has 1 saturated heterocycles. The van der Waals surface area contributed by atoms with Gasteiger partial charge in [-0.1, -0.05) is 0 Å². The minimum Gasteiger partial charge on any atom is -0.375 e. The molecule has 1 aliphatic heterocycles. The second-order valence-electron chi connectivity index (χ2n) is 6.28. The summed E-state index contributed by atoms with van der Waals surface area (Å²) < 4.78 is 31.5. The number of rotatable bonds is 5. The van der Waals surface area contributed by atoms with Crippen molar-refractivity contribution in [3.05, 3.63) is 53.7 Å². The highest BCUT2D eigenvalue weighted by Crippen LogP contribution is 2.18. The van der Waals surface area contributed by atoms with Gasteiger partial charge in [-0.2, -0.15) is 0 Å². The monoisotopic (exact) mass is 390 g/mol. The van der Waals surface area contributed by atoms with E-state index in [0.717, 1.165) is 12.1 Å². The highest BCUT2D eigenvalue weighted by atomic mass is 19.1. The van der Waals surface area contributed by atoms with Crippen molar-refractivity contribution >= 4 is 23.3 Å². The standard InChI is InChI=1S/C19H20F2N4O3/c1-28-12-18(26)25-8-6-24(7-9-25)17-5-3-14(11-22-17)23-19(27)15-4-2-13(20)10-16(15)21/h2-5,10-11H,6-9,12H2,1H3,(H,23,27). The van der Waals surface area contributed by atoms with Crippen LogP contribution in [0.4, 0.5) is 20.3 Å². The van der Waals surface area contributed by atoms with E-state index in [-0.39, 0.29) is 18.1 Å². The van der Waals surface area contributed by atoms with Crippen molar-refractivity contribution in [1.82, 2.24) is 9.88 Å². The minimum absolute atomic E-state index is 0.0406. The van der Waals surface area contributed by atoms with Crippen molar-refractivity contribution in [2.75, 3.05) is 50.1 Å². The highest BCUT2D eigenvalue weighted by molar-refractivity contribution is 6.04. The van der Waals surface area contributed by atoms with Gasteiger partial charge < -0.3 is 19.9 Å². The first kappa shape index (κ1) is 19.7. The molecule has 7 nitrogen and oxygen atoms in total. The fourth-order valence-electron chi connectivity index (χ4n) is 2.92. The van der Waals surface area contributed by atoms with Gasteiger partial charge in [0.2, 0.25) is 5.91 Å². The largest absolute Gasteiger partial charge is 0.375 e. The summed E-state index contributed by atoms with van der Waals surface area (Å²) in [6.45, 7) is 2.49. The van der Waals surface area contributed by atoms with E-state index in [1.54, 1.807) is 17.0 Å². The van der Waals surface area contributed by atoms with Crippen LogP contribution in [0.2, 0.25) is 0 Å². The zero-order valence-electron chi connectivity index (χ0n) is 15.3. The van der Waals surface area contributed by atoms with Crippen LogP contribution < -0.4 is 10.2 Å². The van der Waals surface area contributed by atoms with Crippen molar-refractivity contribution < 1.29 is 23.1 Å². The van der Waals surface area contributed by atoms with E-state index in [2.05, 4.69) is 10.3 Å². The number of ether oxygens (including phenoxy) is 1. The number of nitrogens with one attached hydrogen (secondary N) is 1. The fraction of sp³-hybridized carbons (Fsp3) is 0.316. The maximum absolute atomic E-state index is 13.7. The number of piperazine rings is 1. The average Bonchev–Trinajstić information content (AvgIpc) is 2.69. The average molecular weight is 390 g/mol. The molecule has 0 radical (unpaired) electrons. The Morgan fingerprint density at radius 2 is 1.89 bits per heavy atom. The van der Waals surface area contributed by atoms with Crippen LogP contribution in [0.5, 0.6) is 0 Å². The molecule has 0 spiro atoms. The normalized spacial score (nSPS) is 14.1. The molecule has 2 heterocycles. The fourth-order valence-corrected chi connectivity index (χ4v) is 2.92. The number of nitrogens with zero attached hydrogens (tertiary/aromatic N) is 3. The molecular formula is C19H20F2N4O3. The summed E-state index contributed by atoms with van der Waals surface area (Å²) in [5.41, 5.74) is 0.147. The lowest BCUT2D eigenvalue weighted by Gasteiger charge is -2.35. The molecular weight excluding hydrogens is 370 g/mol. The number of amides is 2. The van der Waals surface area contributed by atoms with Gasteiger partial charge in [0.25, 0.3) is 5.91 Å². The molecule has 2 amide bonds. The van der Waals surface area contributed by atoms with E-state index in [4.69, 9.17) is 4.74 Å². The van der Waals surface area contributed by atoms with Crippen LogP contribution >= 0.6 is 0 Å². The van der Waals surface area contributed by atoms with Gasteiger partial charge in [0.05, 0.1) is 17.4 Å². The number of methoxy groups -OCH3 is 1. The summed E-state index contributed by atoms with van der Waals surface area (Å²) in [4.78, 5) is 32.0. The Bertz CT molecular complexity index is 853. The van der Waals surface area contributed by atoms with Crippen molar-refractivity contribution in [2.45, 2.75) is 0 Å². The smallest absolute Gasteiger partial charge is 0.258 e. The van der Waals surface area contributed by atoms with E-state index >= 15 is 0 Å². The minimum atomic E-state index is -0.928. The van der Waals surface area contributed by atoms with Crippen molar-refractivity contribution in [2.24, 2.45) is 0 Å². The predicted molar refractivity (Wildman–Crippen MR) is 99.2 cm³/mol. The second kappa shape index (κ2) is 8.75. The Morgan fingerprint density at radius 1 is 1.14 bits per heavy atom. The molecule has 3 rings (SSSR count). The quantitative estimate of drug-likeness (QED) is 0.844. The maximum atomic E-state index is 13.7. The number of anilines is 2. The number of halogens is 2. The summed E-state index contributed by atoms with van der Waals surface area (Å²) in [6, 6.07) is 6.17. The number of carbonyl (C=O) groups excluding carboxylic acids is 2. The van der Waals surface area contributed by atoms with E-state index in [0.29, 0.717) is 43.8 Å². The van der Waals surface area contributed by atoms with Crippen molar-refractivity contribution in [3.63, 3.8) is 0 Å². The molecule has 1 aromatic heterocycles. The van der Waals surface area contributed by atoms with Crippen molar-refractivity contribution in [1.29, 1.82) is 0 Å². The molecule has 148 valence electrons. The summed E-state index contributed by atoms with van der Waals surface area (Å²) in [7, 11) is 1.49. The molecule has 0 bridgehead atoms. The van der Waals surface area contributed by atoms with Gasteiger partial charge in [-0.25, -0.2) is 13.8 Å². The third-order valence-corrected chi connectivity index (χ3v) is 4.41. The number of benzene rings is 1. The Morgan fingerprint density at radius 3 is 2.50 bits per heavy atom. The molecule has 1 N–H and O–H groups in total. The summed E-state index contributed by atoms with van der Waals surface area (Å²) in [5, 5.41) is 2.54. The number of aromatic nitrogens is 1. The first-order chi connectivity index (χ1) is 13.5. The number of carbonyl (C=O) groups is 2. The number of pyridine rings is 1. The number of hydrogen-bond acceptors (Lipinski definition) is 5. The van der Waals surface area contributed by atoms with Gasteiger partial charge in [-0.3, -0.25) is 9.59 Å². The molecule has 0 saturated carbocycles. The van der Waals surface area contributed by atoms with Gasteiger partial charge in [0, 0.05) is 39.4 Å². The zero-order valence-corrected chi connectivity index (χ0v) is 15.3. The second-order valence-corrected chi connectivity index (χ2v) is 6.28. The van der Waals surface area contributed by atoms with Gasteiger partial charge >= 0.3 is 0 Å². The lowest BCUT2D eigenvalue weighted by Crippen LogP contribution is -2.49. The van der Waals surface area contributed by atoms with Crippen LogP contribution in [0.25, 0.3) is 0 Å². The van der Waals surface area contributed by atoms with Crippen LogP contribution in [-0.2, 0) is 9.53 Å². The highest BCUT2D eigenvalue weighted by Gasteiger charge is 2.21. The molecule has 0 atom stereocenters. The van der Waals surface area contributed by atoms with Crippen LogP contribution in [0.3, 0.4) is 0 Å². The van der Waals surface area contributed by atoms with Crippen LogP contribution in [0, 0.1) is 11.6 Å². The van der Waals surface area contributed by atoms with Crippen LogP contribution in [0.1, 0.15) is 10.4 Å². The maximum Gasteiger partial charge on any atom is 0.258 e. The third-order valence-electron chi connectivity index (χ3n) is 4.41. The Hall–Kier alpha value is -3.07. The Balaban J connectivity index is 1.58. The summed E-state index contributed by atoms with van der Waals surface area (Å²) in [6.07, 6.45) is 1.47. The molecule has 1 aliphatic rings.